The van der Waals surface area contributed by atoms with Crippen LogP contribution in [0.4, 0.5) is 0 Å². The molecule has 18 heavy (non-hydrogen) atoms. The standard InChI is InChI=1S/C10H16N4O4/c15-5-6(16)4-12-9(17)8-13-10(18-14-8)7-2-1-3-11-7/h6-7,11,15-16H,1-5H2,(H,12,17). The topological polar surface area (TPSA) is 121 Å². The number of rotatable bonds is 5. The molecule has 0 spiro atoms. The maximum absolute atomic E-state index is 11.6. The van der Waals surface area contributed by atoms with Crippen LogP contribution in [0.3, 0.4) is 0 Å². The van der Waals surface area contributed by atoms with Crippen LogP contribution >= 0.6 is 0 Å². The van der Waals surface area contributed by atoms with Crippen molar-refractivity contribution < 1.29 is 19.5 Å². The van der Waals surface area contributed by atoms with Gasteiger partial charge in [0.15, 0.2) is 0 Å². The Morgan fingerprint density at radius 2 is 2.50 bits per heavy atom. The minimum absolute atomic E-state index is 0.0158. The predicted octanol–water partition coefficient (Wildman–Crippen LogP) is -1.42. The number of carbonyl (C=O) groups excluding carboxylic acids is 1. The molecule has 2 unspecified atom stereocenters. The Bertz CT molecular complexity index is 402. The molecule has 0 bridgehead atoms. The number of carbonyl (C=O) groups is 1. The highest BCUT2D eigenvalue weighted by Gasteiger charge is 2.24. The summed E-state index contributed by atoms with van der Waals surface area (Å²) >= 11 is 0. The first kappa shape index (κ1) is 12.9. The molecule has 1 aliphatic rings. The molecule has 1 aromatic rings. The lowest BCUT2D eigenvalue weighted by atomic mass is 10.2. The predicted molar refractivity (Wildman–Crippen MR) is 59.7 cm³/mol. The van der Waals surface area contributed by atoms with Crippen LogP contribution in [0.1, 0.15) is 35.4 Å². The maximum atomic E-state index is 11.6. The average molecular weight is 256 g/mol. The lowest BCUT2D eigenvalue weighted by Crippen LogP contribution is -2.34. The van der Waals surface area contributed by atoms with Crippen molar-refractivity contribution in [1.29, 1.82) is 0 Å². The second-order valence-electron chi connectivity index (χ2n) is 4.15. The van der Waals surface area contributed by atoms with Crippen LogP contribution in [0.25, 0.3) is 0 Å². The summed E-state index contributed by atoms with van der Waals surface area (Å²) in [7, 11) is 0. The van der Waals surface area contributed by atoms with Crippen molar-refractivity contribution in [1.82, 2.24) is 20.8 Å². The Kier molecular flexibility index (Phi) is 4.24. The number of amides is 1. The second-order valence-corrected chi connectivity index (χ2v) is 4.15. The highest BCUT2D eigenvalue weighted by Crippen LogP contribution is 2.20. The first-order valence-electron chi connectivity index (χ1n) is 5.85. The zero-order chi connectivity index (χ0) is 13.0. The number of hydrogen-bond donors (Lipinski definition) is 4. The average Bonchev–Trinajstić information content (AvgIpc) is 3.04. The smallest absolute Gasteiger partial charge is 0.292 e. The Hall–Kier alpha value is -1.51. The second kappa shape index (κ2) is 5.89. The summed E-state index contributed by atoms with van der Waals surface area (Å²) in [6.07, 6.45) is 0.959. The van der Waals surface area contributed by atoms with Gasteiger partial charge in [-0.3, -0.25) is 4.79 Å². The molecule has 0 aliphatic carbocycles. The third kappa shape index (κ3) is 3.03. The largest absolute Gasteiger partial charge is 0.394 e. The van der Waals surface area contributed by atoms with Gasteiger partial charge in [0.25, 0.3) is 11.7 Å². The van der Waals surface area contributed by atoms with Gasteiger partial charge in [0.1, 0.15) is 0 Å². The summed E-state index contributed by atoms with van der Waals surface area (Å²) < 4.78 is 5.01. The summed E-state index contributed by atoms with van der Waals surface area (Å²) in [5, 5.41) is 26.9. The van der Waals surface area contributed by atoms with Crippen LogP contribution < -0.4 is 10.6 Å². The zero-order valence-corrected chi connectivity index (χ0v) is 9.80. The van der Waals surface area contributed by atoms with Gasteiger partial charge < -0.3 is 25.4 Å². The van der Waals surface area contributed by atoms with Crippen LogP contribution in [0.15, 0.2) is 4.52 Å². The van der Waals surface area contributed by atoms with E-state index in [-0.39, 0.29) is 18.4 Å². The van der Waals surface area contributed by atoms with E-state index in [1.54, 1.807) is 0 Å². The molecular formula is C10H16N4O4. The van der Waals surface area contributed by atoms with Gasteiger partial charge in [-0.15, -0.1) is 0 Å². The van der Waals surface area contributed by atoms with E-state index < -0.39 is 18.6 Å². The van der Waals surface area contributed by atoms with E-state index in [1.807, 2.05) is 0 Å². The Balaban J connectivity index is 1.90. The van der Waals surface area contributed by atoms with Crippen molar-refractivity contribution in [2.24, 2.45) is 0 Å². The van der Waals surface area contributed by atoms with E-state index in [0.717, 1.165) is 19.4 Å². The number of aliphatic hydroxyl groups is 2. The molecule has 1 saturated heterocycles. The van der Waals surface area contributed by atoms with Crippen LogP contribution in [-0.2, 0) is 0 Å². The molecule has 2 heterocycles. The molecule has 100 valence electrons. The Morgan fingerprint density at radius 1 is 1.67 bits per heavy atom. The number of nitrogens with one attached hydrogen (secondary N) is 2. The first-order chi connectivity index (χ1) is 8.70. The van der Waals surface area contributed by atoms with Crippen LogP contribution in [-0.4, -0.2) is 52.1 Å². The van der Waals surface area contributed by atoms with Crippen molar-refractivity contribution in [2.75, 3.05) is 19.7 Å². The molecule has 8 nitrogen and oxygen atoms in total. The van der Waals surface area contributed by atoms with Gasteiger partial charge >= 0.3 is 0 Å². The van der Waals surface area contributed by atoms with Crippen molar-refractivity contribution in [3.8, 4) is 0 Å². The number of nitrogens with zero attached hydrogens (tertiary/aromatic N) is 2. The SMILES string of the molecule is O=C(NCC(O)CO)c1noc(C2CCCN2)n1. The van der Waals surface area contributed by atoms with Crippen molar-refractivity contribution in [2.45, 2.75) is 25.0 Å². The summed E-state index contributed by atoms with van der Waals surface area (Å²) in [5.74, 6) is -0.195. The van der Waals surface area contributed by atoms with E-state index >= 15 is 0 Å². The number of aromatic nitrogens is 2. The molecule has 0 radical (unpaired) electrons. The third-order valence-corrected chi connectivity index (χ3v) is 2.71. The highest BCUT2D eigenvalue weighted by atomic mass is 16.5. The quantitative estimate of drug-likeness (QED) is 0.510. The Labute approximate surface area is 103 Å². The highest BCUT2D eigenvalue weighted by molar-refractivity contribution is 5.90. The monoisotopic (exact) mass is 256 g/mol. The molecular weight excluding hydrogens is 240 g/mol. The molecule has 1 aromatic heterocycles. The molecule has 1 amide bonds. The van der Waals surface area contributed by atoms with Gasteiger partial charge in [-0.05, 0) is 19.4 Å². The minimum atomic E-state index is -0.989. The summed E-state index contributed by atoms with van der Waals surface area (Å²) in [4.78, 5) is 15.6. The van der Waals surface area contributed by atoms with Gasteiger partial charge in [0.2, 0.25) is 5.89 Å². The first-order valence-corrected chi connectivity index (χ1v) is 5.85. The molecule has 1 fully saturated rings. The van der Waals surface area contributed by atoms with Crippen LogP contribution in [0.2, 0.25) is 0 Å². The summed E-state index contributed by atoms with van der Waals surface area (Å²) in [5.41, 5.74) is 0. The van der Waals surface area contributed by atoms with Crippen molar-refractivity contribution in [3.63, 3.8) is 0 Å². The minimum Gasteiger partial charge on any atom is -0.394 e. The van der Waals surface area contributed by atoms with Gasteiger partial charge in [-0.1, -0.05) is 5.16 Å². The van der Waals surface area contributed by atoms with E-state index in [2.05, 4.69) is 20.8 Å². The number of hydrogen-bond acceptors (Lipinski definition) is 7. The molecule has 1 aliphatic heterocycles. The lowest BCUT2D eigenvalue weighted by molar-refractivity contribution is 0.0793. The molecule has 4 N–H and O–H groups in total. The molecule has 2 rings (SSSR count). The fourth-order valence-electron chi connectivity index (χ4n) is 1.72. The zero-order valence-electron chi connectivity index (χ0n) is 9.80. The summed E-state index contributed by atoms with van der Waals surface area (Å²) in [6, 6.07) is 0.0158. The number of aliphatic hydroxyl groups excluding tert-OH is 2. The van der Waals surface area contributed by atoms with E-state index in [9.17, 15) is 4.79 Å². The lowest BCUT2D eigenvalue weighted by Gasteiger charge is -2.06. The Morgan fingerprint density at radius 3 is 3.17 bits per heavy atom. The third-order valence-electron chi connectivity index (χ3n) is 2.71. The maximum Gasteiger partial charge on any atom is 0.292 e. The van der Waals surface area contributed by atoms with E-state index in [0.29, 0.717) is 5.89 Å². The van der Waals surface area contributed by atoms with Crippen molar-refractivity contribution >= 4 is 5.91 Å². The normalized spacial score (nSPS) is 20.9. The van der Waals surface area contributed by atoms with Gasteiger partial charge in [0.05, 0.1) is 18.8 Å². The van der Waals surface area contributed by atoms with Crippen LogP contribution in [0.5, 0.6) is 0 Å². The molecule has 0 saturated carbocycles. The van der Waals surface area contributed by atoms with E-state index in [1.165, 1.54) is 0 Å². The summed E-state index contributed by atoms with van der Waals surface area (Å²) in [6.45, 7) is 0.432. The molecule has 0 aromatic carbocycles. The molecule has 2 atom stereocenters. The van der Waals surface area contributed by atoms with Gasteiger partial charge in [-0.2, -0.15) is 4.98 Å². The fourth-order valence-corrected chi connectivity index (χ4v) is 1.72. The van der Waals surface area contributed by atoms with Gasteiger partial charge in [0, 0.05) is 6.54 Å². The fraction of sp³-hybridized carbons (Fsp3) is 0.700. The van der Waals surface area contributed by atoms with Crippen LogP contribution in [0, 0.1) is 0 Å². The van der Waals surface area contributed by atoms with E-state index in [4.69, 9.17) is 14.7 Å². The van der Waals surface area contributed by atoms with Crippen molar-refractivity contribution in [3.05, 3.63) is 11.7 Å². The molecule has 8 heteroatoms. The van der Waals surface area contributed by atoms with Gasteiger partial charge in [-0.25, -0.2) is 0 Å².